The Hall–Kier alpha value is -1.90. The number of carbonyl (C=O) groups excluding carboxylic acids is 1. The maximum atomic E-state index is 11.4. The molecule has 1 aromatic carbocycles. The van der Waals surface area contributed by atoms with Gasteiger partial charge in [0.25, 0.3) is 0 Å². The zero-order valence-electron chi connectivity index (χ0n) is 9.26. The largest absolute Gasteiger partial charge is 0.332 e. The third-order valence-electron chi connectivity index (χ3n) is 2.45. The molecule has 16 heavy (non-hydrogen) atoms. The van der Waals surface area contributed by atoms with E-state index < -0.39 is 0 Å². The van der Waals surface area contributed by atoms with E-state index in [0.29, 0.717) is 12.1 Å². The van der Waals surface area contributed by atoms with Gasteiger partial charge in [-0.25, -0.2) is 4.98 Å². The van der Waals surface area contributed by atoms with E-state index in [2.05, 4.69) is 17.1 Å². The SMILES string of the molecule is CCC(=O)c1cn(Cc2ccccc2)cn1. The molecule has 0 radical (unpaired) electrons. The third-order valence-corrected chi connectivity index (χ3v) is 2.45. The number of ketones is 1. The molecule has 82 valence electrons. The van der Waals surface area contributed by atoms with Gasteiger partial charge in [0.2, 0.25) is 0 Å². The maximum Gasteiger partial charge on any atom is 0.182 e. The number of hydrogen-bond donors (Lipinski definition) is 0. The van der Waals surface area contributed by atoms with Crippen LogP contribution in [0.15, 0.2) is 42.9 Å². The summed E-state index contributed by atoms with van der Waals surface area (Å²) in [5.74, 6) is 0.0896. The van der Waals surface area contributed by atoms with E-state index in [0.717, 1.165) is 6.54 Å². The fourth-order valence-electron chi connectivity index (χ4n) is 1.57. The van der Waals surface area contributed by atoms with Crippen LogP contribution in [0, 0.1) is 0 Å². The Labute approximate surface area is 94.7 Å². The zero-order chi connectivity index (χ0) is 11.4. The first-order chi connectivity index (χ1) is 7.79. The van der Waals surface area contributed by atoms with Crippen LogP contribution < -0.4 is 0 Å². The second-order valence-electron chi connectivity index (χ2n) is 3.69. The maximum absolute atomic E-state index is 11.4. The number of benzene rings is 1. The van der Waals surface area contributed by atoms with Gasteiger partial charge in [0.05, 0.1) is 6.33 Å². The fraction of sp³-hybridized carbons (Fsp3) is 0.231. The summed E-state index contributed by atoms with van der Waals surface area (Å²) >= 11 is 0. The highest BCUT2D eigenvalue weighted by Crippen LogP contribution is 2.05. The van der Waals surface area contributed by atoms with Crippen LogP contribution in [-0.2, 0) is 6.54 Å². The van der Waals surface area contributed by atoms with Gasteiger partial charge in [-0.1, -0.05) is 37.3 Å². The molecule has 0 amide bonds. The normalized spacial score (nSPS) is 10.3. The summed E-state index contributed by atoms with van der Waals surface area (Å²) in [4.78, 5) is 15.5. The molecule has 0 atom stereocenters. The molecule has 1 aromatic heterocycles. The molecule has 3 heteroatoms. The second-order valence-corrected chi connectivity index (χ2v) is 3.69. The molecule has 0 fully saturated rings. The van der Waals surface area contributed by atoms with Crippen LogP contribution in [0.4, 0.5) is 0 Å². The van der Waals surface area contributed by atoms with Gasteiger partial charge < -0.3 is 4.57 Å². The number of aromatic nitrogens is 2. The van der Waals surface area contributed by atoms with Gasteiger partial charge in [0.1, 0.15) is 5.69 Å². The molecule has 2 aromatic rings. The van der Waals surface area contributed by atoms with Crippen molar-refractivity contribution in [1.29, 1.82) is 0 Å². The van der Waals surface area contributed by atoms with Crippen molar-refractivity contribution in [3.8, 4) is 0 Å². The van der Waals surface area contributed by atoms with Crippen molar-refractivity contribution in [1.82, 2.24) is 9.55 Å². The Balaban J connectivity index is 2.12. The van der Waals surface area contributed by atoms with Gasteiger partial charge in [0.15, 0.2) is 5.78 Å². The van der Waals surface area contributed by atoms with Crippen molar-refractivity contribution in [3.63, 3.8) is 0 Å². The smallest absolute Gasteiger partial charge is 0.182 e. The molecule has 0 saturated heterocycles. The Kier molecular flexibility index (Phi) is 3.15. The summed E-state index contributed by atoms with van der Waals surface area (Å²) in [5.41, 5.74) is 1.76. The van der Waals surface area contributed by atoms with E-state index in [1.807, 2.05) is 29.7 Å². The molecule has 0 unspecified atom stereocenters. The molecule has 3 nitrogen and oxygen atoms in total. The van der Waals surface area contributed by atoms with Gasteiger partial charge in [-0.2, -0.15) is 0 Å². The Bertz CT molecular complexity index is 474. The van der Waals surface area contributed by atoms with Gasteiger partial charge in [-0.15, -0.1) is 0 Å². The molecule has 0 spiro atoms. The third kappa shape index (κ3) is 2.37. The molecule has 2 rings (SSSR count). The number of Topliss-reactive ketones (excluding diaryl/α,β-unsaturated/α-hetero) is 1. The minimum absolute atomic E-state index is 0.0896. The van der Waals surface area contributed by atoms with E-state index in [4.69, 9.17) is 0 Å². The fourth-order valence-corrected chi connectivity index (χ4v) is 1.57. The predicted molar refractivity (Wildman–Crippen MR) is 62.4 cm³/mol. The summed E-state index contributed by atoms with van der Waals surface area (Å²) in [6.45, 7) is 2.60. The van der Waals surface area contributed by atoms with Crippen LogP contribution in [0.3, 0.4) is 0 Å². The lowest BCUT2D eigenvalue weighted by atomic mass is 10.2. The van der Waals surface area contributed by atoms with Crippen molar-refractivity contribution in [2.45, 2.75) is 19.9 Å². The highest BCUT2D eigenvalue weighted by Gasteiger charge is 2.06. The lowest BCUT2D eigenvalue weighted by Crippen LogP contribution is -1.98. The number of imidazole rings is 1. The summed E-state index contributed by atoms with van der Waals surface area (Å²) in [5, 5.41) is 0. The minimum Gasteiger partial charge on any atom is -0.332 e. The van der Waals surface area contributed by atoms with Crippen molar-refractivity contribution in [3.05, 3.63) is 54.1 Å². The number of carbonyl (C=O) groups is 1. The van der Waals surface area contributed by atoms with E-state index >= 15 is 0 Å². The van der Waals surface area contributed by atoms with Crippen LogP contribution in [0.5, 0.6) is 0 Å². The van der Waals surface area contributed by atoms with E-state index in [9.17, 15) is 4.79 Å². The standard InChI is InChI=1S/C13H14N2O/c1-2-13(16)12-9-15(10-14-12)8-11-6-4-3-5-7-11/h3-7,9-10H,2,8H2,1H3. The van der Waals surface area contributed by atoms with Crippen LogP contribution in [0.25, 0.3) is 0 Å². The second kappa shape index (κ2) is 4.75. The molecule has 0 N–H and O–H groups in total. The molecular formula is C13H14N2O. The Morgan fingerprint density at radius 1 is 1.31 bits per heavy atom. The number of hydrogen-bond acceptors (Lipinski definition) is 2. The highest BCUT2D eigenvalue weighted by molar-refractivity contribution is 5.93. The number of rotatable bonds is 4. The summed E-state index contributed by atoms with van der Waals surface area (Å²) in [6.07, 6.45) is 4.01. The van der Waals surface area contributed by atoms with E-state index in [1.54, 1.807) is 12.5 Å². The topological polar surface area (TPSA) is 34.9 Å². The molecule has 0 aliphatic heterocycles. The first-order valence-electron chi connectivity index (χ1n) is 5.38. The average molecular weight is 214 g/mol. The van der Waals surface area contributed by atoms with Gasteiger partial charge in [0, 0.05) is 19.2 Å². The van der Waals surface area contributed by atoms with Crippen LogP contribution >= 0.6 is 0 Å². The summed E-state index contributed by atoms with van der Waals surface area (Å²) in [7, 11) is 0. The quantitative estimate of drug-likeness (QED) is 0.733. The average Bonchev–Trinajstić information content (AvgIpc) is 2.78. The Morgan fingerprint density at radius 3 is 2.75 bits per heavy atom. The zero-order valence-corrected chi connectivity index (χ0v) is 9.26. The van der Waals surface area contributed by atoms with E-state index in [1.165, 1.54) is 5.56 Å². The number of nitrogens with zero attached hydrogens (tertiary/aromatic N) is 2. The van der Waals surface area contributed by atoms with Crippen molar-refractivity contribution in [2.24, 2.45) is 0 Å². The predicted octanol–water partition coefficient (Wildman–Crippen LogP) is 2.52. The summed E-state index contributed by atoms with van der Waals surface area (Å²) in [6, 6.07) is 10.1. The monoisotopic (exact) mass is 214 g/mol. The Morgan fingerprint density at radius 2 is 2.06 bits per heavy atom. The first kappa shape index (κ1) is 10.6. The van der Waals surface area contributed by atoms with Crippen molar-refractivity contribution in [2.75, 3.05) is 0 Å². The van der Waals surface area contributed by atoms with Crippen LogP contribution in [-0.4, -0.2) is 15.3 Å². The van der Waals surface area contributed by atoms with Crippen LogP contribution in [0.1, 0.15) is 29.4 Å². The van der Waals surface area contributed by atoms with Crippen LogP contribution in [0.2, 0.25) is 0 Å². The molecule has 0 aliphatic carbocycles. The van der Waals surface area contributed by atoms with Crippen molar-refractivity contribution >= 4 is 5.78 Å². The molecule has 0 saturated carbocycles. The summed E-state index contributed by atoms with van der Waals surface area (Å²) < 4.78 is 1.93. The minimum atomic E-state index is 0.0896. The molecule has 0 bridgehead atoms. The first-order valence-corrected chi connectivity index (χ1v) is 5.38. The lowest BCUT2D eigenvalue weighted by molar-refractivity contribution is 0.0984. The molecule has 0 aliphatic rings. The van der Waals surface area contributed by atoms with Gasteiger partial charge in [-0.3, -0.25) is 4.79 Å². The van der Waals surface area contributed by atoms with Gasteiger partial charge >= 0.3 is 0 Å². The molecular weight excluding hydrogens is 200 g/mol. The molecule has 1 heterocycles. The van der Waals surface area contributed by atoms with E-state index in [-0.39, 0.29) is 5.78 Å². The lowest BCUT2D eigenvalue weighted by Gasteiger charge is -2.00. The highest BCUT2D eigenvalue weighted by atomic mass is 16.1. The van der Waals surface area contributed by atoms with Crippen molar-refractivity contribution < 1.29 is 4.79 Å². The van der Waals surface area contributed by atoms with Gasteiger partial charge in [-0.05, 0) is 5.56 Å².